The number of nitrogens with zero attached hydrogens (tertiary/aromatic N) is 4. The van der Waals surface area contributed by atoms with E-state index in [2.05, 4.69) is 15.4 Å². The van der Waals surface area contributed by atoms with E-state index in [0.29, 0.717) is 18.9 Å². The monoisotopic (exact) mass is 381 g/mol. The van der Waals surface area contributed by atoms with Crippen molar-refractivity contribution in [3.8, 4) is 5.82 Å². The first-order valence-corrected chi connectivity index (χ1v) is 10.3. The molecule has 1 atom stereocenters. The van der Waals surface area contributed by atoms with Crippen molar-refractivity contribution in [2.75, 3.05) is 6.54 Å². The smallest absolute Gasteiger partial charge is 0.243 e. The number of pyridine rings is 1. The Balaban J connectivity index is 1.36. The van der Waals surface area contributed by atoms with Gasteiger partial charge in [-0.15, -0.1) is 0 Å². The zero-order valence-electron chi connectivity index (χ0n) is 16.1. The first kappa shape index (κ1) is 18.7. The van der Waals surface area contributed by atoms with Gasteiger partial charge in [-0.05, 0) is 49.4 Å². The lowest BCUT2D eigenvalue weighted by atomic mass is 9.88. The van der Waals surface area contributed by atoms with Crippen LogP contribution < -0.4 is 5.32 Å². The van der Waals surface area contributed by atoms with Crippen LogP contribution >= 0.6 is 0 Å². The number of amides is 2. The molecule has 0 aromatic carbocycles. The normalized spacial score (nSPS) is 20.3. The maximum absolute atomic E-state index is 12.9. The van der Waals surface area contributed by atoms with Gasteiger partial charge < -0.3 is 10.2 Å². The molecule has 0 spiro atoms. The zero-order chi connectivity index (χ0) is 19.3. The van der Waals surface area contributed by atoms with Crippen molar-refractivity contribution in [3.63, 3.8) is 0 Å². The van der Waals surface area contributed by atoms with E-state index < -0.39 is 0 Å². The van der Waals surface area contributed by atoms with Crippen LogP contribution in [-0.2, 0) is 16.1 Å². The molecule has 1 saturated heterocycles. The minimum atomic E-state index is -0.332. The standard InChI is InChI=1S/C21H27N5O2/c27-20(18-8-4-12-25(18)21(28)17-6-2-1-3-7-17)23-15-16-9-11-22-19(14-16)26-13-5-10-24-26/h5,9-11,13-14,17-18H,1-4,6-8,12,15H2,(H,23,27)/t18-/m0/s1. The summed E-state index contributed by atoms with van der Waals surface area (Å²) in [5.74, 6) is 0.951. The van der Waals surface area contributed by atoms with Crippen LogP contribution in [0.1, 0.15) is 50.5 Å². The molecule has 1 saturated carbocycles. The van der Waals surface area contributed by atoms with Gasteiger partial charge in [0.25, 0.3) is 0 Å². The van der Waals surface area contributed by atoms with Crippen molar-refractivity contribution in [3.05, 3.63) is 42.4 Å². The second kappa shape index (κ2) is 8.54. The van der Waals surface area contributed by atoms with E-state index in [1.807, 2.05) is 29.3 Å². The molecule has 3 heterocycles. The first-order valence-electron chi connectivity index (χ1n) is 10.3. The third kappa shape index (κ3) is 4.08. The van der Waals surface area contributed by atoms with Gasteiger partial charge in [0, 0.05) is 37.6 Å². The van der Waals surface area contributed by atoms with Crippen LogP contribution in [0, 0.1) is 5.92 Å². The lowest BCUT2D eigenvalue weighted by molar-refractivity contribution is -0.142. The third-order valence-corrected chi connectivity index (χ3v) is 5.81. The summed E-state index contributed by atoms with van der Waals surface area (Å²) in [7, 11) is 0. The fourth-order valence-corrected chi connectivity index (χ4v) is 4.29. The molecule has 2 amide bonds. The molecule has 1 N–H and O–H groups in total. The van der Waals surface area contributed by atoms with Crippen molar-refractivity contribution in [2.45, 2.75) is 57.5 Å². The Labute approximate surface area is 165 Å². The summed E-state index contributed by atoms with van der Waals surface area (Å²) in [6, 6.07) is 5.30. The largest absolute Gasteiger partial charge is 0.350 e. The molecule has 7 heteroatoms. The maximum Gasteiger partial charge on any atom is 0.243 e. The summed E-state index contributed by atoms with van der Waals surface area (Å²) < 4.78 is 1.69. The second-order valence-corrected chi connectivity index (χ2v) is 7.72. The topological polar surface area (TPSA) is 80.1 Å². The molecule has 7 nitrogen and oxygen atoms in total. The Hall–Kier alpha value is -2.70. The number of hydrogen-bond acceptors (Lipinski definition) is 4. The molecule has 1 aliphatic carbocycles. The fraction of sp³-hybridized carbons (Fsp3) is 0.524. The van der Waals surface area contributed by atoms with Crippen molar-refractivity contribution >= 4 is 11.8 Å². The Bertz CT molecular complexity index is 814. The first-order chi connectivity index (χ1) is 13.7. The number of carbonyl (C=O) groups is 2. The van der Waals surface area contributed by atoms with Gasteiger partial charge in [0.1, 0.15) is 6.04 Å². The number of hydrogen-bond donors (Lipinski definition) is 1. The highest BCUT2D eigenvalue weighted by Gasteiger charge is 2.37. The molecule has 1 aliphatic heterocycles. The molecule has 0 radical (unpaired) electrons. The van der Waals surface area contributed by atoms with Crippen LogP contribution in [0.2, 0.25) is 0 Å². The van der Waals surface area contributed by atoms with Crippen LogP contribution in [0.5, 0.6) is 0 Å². The minimum Gasteiger partial charge on any atom is -0.350 e. The Morgan fingerprint density at radius 3 is 2.75 bits per heavy atom. The van der Waals surface area contributed by atoms with Crippen molar-refractivity contribution in [2.24, 2.45) is 5.92 Å². The van der Waals surface area contributed by atoms with Crippen molar-refractivity contribution in [1.82, 2.24) is 25.0 Å². The van der Waals surface area contributed by atoms with Crippen LogP contribution in [0.15, 0.2) is 36.8 Å². The number of rotatable bonds is 5. The van der Waals surface area contributed by atoms with Crippen LogP contribution in [0.25, 0.3) is 5.82 Å². The van der Waals surface area contributed by atoms with Gasteiger partial charge in [-0.1, -0.05) is 19.3 Å². The van der Waals surface area contributed by atoms with Gasteiger partial charge >= 0.3 is 0 Å². The van der Waals surface area contributed by atoms with Gasteiger partial charge in [-0.2, -0.15) is 5.10 Å². The van der Waals surface area contributed by atoms with Gasteiger partial charge in [-0.3, -0.25) is 9.59 Å². The van der Waals surface area contributed by atoms with E-state index in [9.17, 15) is 9.59 Å². The lowest BCUT2D eigenvalue weighted by Gasteiger charge is -2.30. The molecular formula is C21H27N5O2. The van der Waals surface area contributed by atoms with E-state index in [-0.39, 0.29) is 23.8 Å². The van der Waals surface area contributed by atoms with E-state index in [1.54, 1.807) is 17.1 Å². The maximum atomic E-state index is 12.9. The van der Waals surface area contributed by atoms with Crippen LogP contribution in [0.3, 0.4) is 0 Å². The molecule has 2 aromatic rings. The van der Waals surface area contributed by atoms with Crippen LogP contribution in [-0.4, -0.2) is 44.1 Å². The molecule has 0 bridgehead atoms. The highest BCUT2D eigenvalue weighted by molar-refractivity contribution is 5.89. The predicted octanol–water partition coefficient (Wildman–Crippen LogP) is 2.45. The van der Waals surface area contributed by atoms with E-state index in [0.717, 1.165) is 44.1 Å². The molecule has 0 unspecified atom stereocenters. The molecule has 2 aliphatic rings. The van der Waals surface area contributed by atoms with E-state index in [4.69, 9.17) is 0 Å². The van der Waals surface area contributed by atoms with Crippen LogP contribution in [0.4, 0.5) is 0 Å². The van der Waals surface area contributed by atoms with Crippen molar-refractivity contribution in [1.29, 1.82) is 0 Å². The highest BCUT2D eigenvalue weighted by Crippen LogP contribution is 2.28. The average Bonchev–Trinajstić information content (AvgIpc) is 3.44. The minimum absolute atomic E-state index is 0.0564. The Morgan fingerprint density at radius 1 is 1.11 bits per heavy atom. The summed E-state index contributed by atoms with van der Waals surface area (Å²) in [5, 5.41) is 7.19. The molecular weight excluding hydrogens is 354 g/mol. The average molecular weight is 381 g/mol. The van der Waals surface area contributed by atoms with Gasteiger partial charge in [0.05, 0.1) is 0 Å². The number of likely N-dealkylation sites (tertiary alicyclic amines) is 1. The summed E-state index contributed by atoms with van der Waals surface area (Å²) in [6.45, 7) is 1.11. The summed E-state index contributed by atoms with van der Waals surface area (Å²) in [5.41, 5.74) is 0.956. The lowest BCUT2D eigenvalue weighted by Crippen LogP contribution is -2.48. The van der Waals surface area contributed by atoms with Crippen molar-refractivity contribution < 1.29 is 9.59 Å². The van der Waals surface area contributed by atoms with E-state index >= 15 is 0 Å². The molecule has 28 heavy (non-hydrogen) atoms. The summed E-state index contributed by atoms with van der Waals surface area (Å²) in [4.78, 5) is 31.8. The quantitative estimate of drug-likeness (QED) is 0.863. The number of aromatic nitrogens is 3. The van der Waals surface area contributed by atoms with Gasteiger partial charge in [-0.25, -0.2) is 9.67 Å². The highest BCUT2D eigenvalue weighted by atomic mass is 16.2. The Morgan fingerprint density at radius 2 is 1.96 bits per heavy atom. The Kier molecular flexibility index (Phi) is 5.69. The molecule has 4 rings (SSSR count). The second-order valence-electron chi connectivity index (χ2n) is 7.72. The molecule has 148 valence electrons. The number of carbonyl (C=O) groups excluding carboxylic acids is 2. The molecule has 2 aromatic heterocycles. The summed E-state index contributed by atoms with van der Waals surface area (Å²) in [6.07, 6.45) is 12.3. The fourth-order valence-electron chi connectivity index (χ4n) is 4.29. The van der Waals surface area contributed by atoms with E-state index in [1.165, 1.54) is 6.42 Å². The third-order valence-electron chi connectivity index (χ3n) is 5.81. The molecule has 2 fully saturated rings. The predicted molar refractivity (Wildman–Crippen MR) is 105 cm³/mol. The van der Waals surface area contributed by atoms with Gasteiger partial charge in [0.15, 0.2) is 5.82 Å². The van der Waals surface area contributed by atoms with Gasteiger partial charge in [0.2, 0.25) is 11.8 Å². The summed E-state index contributed by atoms with van der Waals surface area (Å²) >= 11 is 0. The zero-order valence-corrected chi connectivity index (χ0v) is 16.1. The number of nitrogens with one attached hydrogen (secondary N) is 1. The SMILES string of the molecule is O=C(NCc1ccnc(-n2cccn2)c1)[C@@H]1CCCN1C(=O)C1CCCCC1.